The Kier molecular flexibility index (Phi) is 5.63. The number of ether oxygens (including phenoxy) is 1. The number of amides is 1. The molecule has 2 aromatic rings. The molecule has 7 heteroatoms. The molecule has 2 aromatic carbocycles. The van der Waals surface area contributed by atoms with Crippen LogP contribution in [0.25, 0.3) is 0 Å². The van der Waals surface area contributed by atoms with Gasteiger partial charge in [0, 0.05) is 6.26 Å². The van der Waals surface area contributed by atoms with Crippen LogP contribution < -0.4 is 10.1 Å². The molecule has 1 N–H and O–H groups in total. The third-order valence-electron chi connectivity index (χ3n) is 3.01. The van der Waals surface area contributed by atoms with Crippen LogP contribution in [-0.2, 0) is 9.84 Å². The van der Waals surface area contributed by atoms with Crippen LogP contribution in [0.15, 0.2) is 53.4 Å². The molecule has 0 heterocycles. The third kappa shape index (κ3) is 4.97. The molecule has 0 unspecified atom stereocenters. The minimum Gasteiger partial charge on any atom is -0.492 e. The lowest BCUT2D eigenvalue weighted by atomic mass is 10.2. The first-order valence-electron chi connectivity index (χ1n) is 6.83. The van der Waals surface area contributed by atoms with Gasteiger partial charge in [-0.2, -0.15) is 0 Å². The van der Waals surface area contributed by atoms with E-state index in [9.17, 15) is 13.2 Å². The van der Waals surface area contributed by atoms with Gasteiger partial charge in [0.1, 0.15) is 12.4 Å². The van der Waals surface area contributed by atoms with Crippen LogP contribution in [0.4, 0.5) is 0 Å². The summed E-state index contributed by atoms with van der Waals surface area (Å²) < 4.78 is 28.5. The molecule has 0 bridgehead atoms. The lowest BCUT2D eigenvalue weighted by Crippen LogP contribution is -2.28. The molecule has 0 aromatic heterocycles. The second-order valence-corrected chi connectivity index (χ2v) is 7.25. The van der Waals surface area contributed by atoms with Crippen LogP contribution in [0.2, 0.25) is 5.02 Å². The van der Waals surface area contributed by atoms with E-state index >= 15 is 0 Å². The lowest BCUT2D eigenvalue weighted by molar-refractivity contribution is 0.0947. The second kappa shape index (κ2) is 7.48. The molecule has 0 saturated carbocycles. The van der Waals surface area contributed by atoms with Crippen LogP contribution in [0.1, 0.15) is 10.4 Å². The van der Waals surface area contributed by atoms with E-state index in [2.05, 4.69) is 5.32 Å². The molecule has 5 nitrogen and oxygen atoms in total. The van der Waals surface area contributed by atoms with Gasteiger partial charge in [-0.1, -0.05) is 29.8 Å². The number of sulfone groups is 1. The summed E-state index contributed by atoms with van der Waals surface area (Å²) in [6.07, 6.45) is 1.08. The van der Waals surface area contributed by atoms with E-state index < -0.39 is 15.7 Å². The van der Waals surface area contributed by atoms with Crippen LogP contribution in [-0.4, -0.2) is 33.7 Å². The maximum absolute atomic E-state index is 12.1. The van der Waals surface area contributed by atoms with Crippen LogP contribution >= 0.6 is 11.6 Å². The predicted molar refractivity (Wildman–Crippen MR) is 88.8 cm³/mol. The largest absolute Gasteiger partial charge is 0.492 e. The van der Waals surface area contributed by atoms with Gasteiger partial charge >= 0.3 is 0 Å². The van der Waals surface area contributed by atoms with Gasteiger partial charge in [0.15, 0.2) is 9.84 Å². The van der Waals surface area contributed by atoms with Gasteiger partial charge in [-0.05, 0) is 30.3 Å². The predicted octanol–water partition coefficient (Wildman–Crippen LogP) is 2.55. The maximum atomic E-state index is 12.1. The van der Waals surface area contributed by atoms with E-state index in [0.717, 1.165) is 6.26 Å². The molecule has 0 aliphatic heterocycles. The van der Waals surface area contributed by atoms with Crippen LogP contribution in [0.3, 0.4) is 0 Å². The Labute approximate surface area is 140 Å². The molecule has 0 atom stereocenters. The number of rotatable bonds is 6. The molecule has 0 spiro atoms. The topological polar surface area (TPSA) is 72.5 Å². The molecule has 1 amide bonds. The summed E-state index contributed by atoms with van der Waals surface area (Å²) in [6, 6.07) is 13.2. The third-order valence-corrected chi connectivity index (χ3v) is 4.45. The van der Waals surface area contributed by atoms with Crippen LogP contribution in [0.5, 0.6) is 5.75 Å². The number of carbonyl (C=O) groups excluding carboxylic acids is 1. The van der Waals surface area contributed by atoms with Gasteiger partial charge in [0.25, 0.3) is 5.91 Å². The Morgan fingerprint density at radius 1 is 1.17 bits per heavy atom. The molecule has 0 aliphatic carbocycles. The number of nitrogens with one attached hydrogen (secondary N) is 1. The number of hydrogen-bond donors (Lipinski definition) is 1. The van der Waals surface area contributed by atoms with E-state index in [0.29, 0.717) is 12.4 Å². The quantitative estimate of drug-likeness (QED) is 0.810. The highest BCUT2D eigenvalue weighted by molar-refractivity contribution is 7.90. The first kappa shape index (κ1) is 17.3. The Balaban J connectivity index is 1.95. The number of para-hydroxylation sites is 1. The molecule has 0 saturated heterocycles. The first-order chi connectivity index (χ1) is 10.9. The minimum absolute atomic E-state index is 0.0487. The van der Waals surface area contributed by atoms with Crippen molar-refractivity contribution in [3.63, 3.8) is 0 Å². The van der Waals surface area contributed by atoms with E-state index in [4.69, 9.17) is 16.3 Å². The molecule has 23 heavy (non-hydrogen) atoms. The van der Waals surface area contributed by atoms with E-state index in [1.165, 1.54) is 18.2 Å². The van der Waals surface area contributed by atoms with Gasteiger partial charge in [-0.15, -0.1) is 0 Å². The Morgan fingerprint density at radius 3 is 2.52 bits per heavy atom. The zero-order chi connectivity index (χ0) is 16.9. The molecule has 2 rings (SSSR count). The SMILES string of the molecule is CS(=O)(=O)c1ccc(Cl)c(C(=O)NCCOc2ccccc2)c1. The van der Waals surface area contributed by atoms with Crippen molar-refractivity contribution in [3.8, 4) is 5.75 Å². The average Bonchev–Trinajstić information content (AvgIpc) is 2.51. The van der Waals surface area contributed by atoms with Gasteiger partial charge in [-0.3, -0.25) is 4.79 Å². The number of halogens is 1. The smallest absolute Gasteiger partial charge is 0.252 e. The Hall–Kier alpha value is -2.05. The van der Waals surface area contributed by atoms with Gasteiger partial charge in [-0.25, -0.2) is 8.42 Å². The van der Waals surface area contributed by atoms with E-state index in [1.807, 2.05) is 30.3 Å². The highest BCUT2D eigenvalue weighted by Crippen LogP contribution is 2.20. The molecule has 0 fully saturated rings. The van der Waals surface area contributed by atoms with Gasteiger partial charge < -0.3 is 10.1 Å². The fourth-order valence-corrected chi connectivity index (χ4v) is 2.70. The summed E-state index contributed by atoms with van der Waals surface area (Å²) in [7, 11) is -3.40. The highest BCUT2D eigenvalue weighted by Gasteiger charge is 2.15. The standard InChI is InChI=1S/C16H16ClNO4S/c1-23(20,21)13-7-8-15(17)14(11-13)16(19)18-9-10-22-12-5-3-2-4-6-12/h2-8,11H,9-10H2,1H3,(H,18,19). The summed E-state index contributed by atoms with van der Waals surface area (Å²) >= 11 is 5.96. The summed E-state index contributed by atoms with van der Waals surface area (Å²) in [5.74, 6) is 0.260. The summed E-state index contributed by atoms with van der Waals surface area (Å²) in [4.78, 5) is 12.2. The van der Waals surface area contributed by atoms with Gasteiger partial charge in [0.2, 0.25) is 0 Å². The number of benzene rings is 2. The Morgan fingerprint density at radius 2 is 1.87 bits per heavy atom. The van der Waals surface area contributed by atoms with Crippen molar-refractivity contribution < 1.29 is 17.9 Å². The highest BCUT2D eigenvalue weighted by atomic mass is 35.5. The van der Waals surface area contributed by atoms with Gasteiger partial charge in [0.05, 0.1) is 22.0 Å². The second-order valence-electron chi connectivity index (χ2n) is 4.83. The fraction of sp³-hybridized carbons (Fsp3) is 0.188. The molecule has 122 valence electrons. The van der Waals surface area contributed by atoms with Crippen molar-refractivity contribution >= 4 is 27.3 Å². The van der Waals surface area contributed by atoms with E-state index in [-0.39, 0.29) is 22.0 Å². The van der Waals surface area contributed by atoms with Crippen molar-refractivity contribution in [1.29, 1.82) is 0 Å². The van der Waals surface area contributed by atoms with Crippen molar-refractivity contribution in [1.82, 2.24) is 5.32 Å². The summed E-state index contributed by atoms with van der Waals surface area (Å²) in [5.41, 5.74) is 0.120. The molecule has 0 radical (unpaired) electrons. The zero-order valence-electron chi connectivity index (χ0n) is 12.5. The monoisotopic (exact) mass is 353 g/mol. The fourth-order valence-electron chi connectivity index (χ4n) is 1.85. The normalized spacial score (nSPS) is 11.0. The maximum Gasteiger partial charge on any atom is 0.252 e. The van der Waals surface area contributed by atoms with Crippen molar-refractivity contribution in [3.05, 3.63) is 59.1 Å². The van der Waals surface area contributed by atoms with Crippen molar-refractivity contribution in [2.24, 2.45) is 0 Å². The van der Waals surface area contributed by atoms with Crippen LogP contribution in [0, 0.1) is 0 Å². The number of carbonyl (C=O) groups is 1. The molecule has 0 aliphatic rings. The summed E-state index contributed by atoms with van der Waals surface area (Å²) in [5, 5.41) is 2.84. The van der Waals surface area contributed by atoms with Crippen molar-refractivity contribution in [2.45, 2.75) is 4.90 Å². The Bertz CT molecular complexity index is 791. The minimum atomic E-state index is -3.40. The average molecular weight is 354 g/mol. The summed E-state index contributed by atoms with van der Waals surface area (Å²) in [6.45, 7) is 0.562. The lowest BCUT2D eigenvalue weighted by Gasteiger charge is -2.09. The zero-order valence-corrected chi connectivity index (χ0v) is 14.0. The molecular weight excluding hydrogens is 338 g/mol. The molecular formula is C16H16ClNO4S. The van der Waals surface area contributed by atoms with Crippen molar-refractivity contribution in [2.75, 3.05) is 19.4 Å². The van der Waals surface area contributed by atoms with E-state index in [1.54, 1.807) is 0 Å². The number of hydrogen-bond acceptors (Lipinski definition) is 4. The first-order valence-corrected chi connectivity index (χ1v) is 9.10.